The molecule has 6 heteroatoms. The van der Waals surface area contributed by atoms with E-state index in [1.807, 2.05) is 78.9 Å². The Kier molecular flexibility index (Phi) is 8.69. The number of fused-ring (bicyclic) bond motifs is 3. The molecule has 0 amide bonds. The van der Waals surface area contributed by atoms with Gasteiger partial charge >= 0.3 is 0 Å². The standard InChI is InChI=1S/C53H40N6/c1-4-14-36(15-5-1)47-54-48(37-16-6-2-7-17-37)58-52(57-47)43-31-39-20-10-11-25-45(39)46(33-43)40-21-12-22-41(30-40)50-55-49(38-18-8-3-9-19-38)56-51(59-50)42-23-13-24-44(32-42)53-28-26-35(34-53)27-29-53/h1-25,30-33,35H,26-29,34H2. The summed E-state index contributed by atoms with van der Waals surface area (Å²) in [6.45, 7) is 0. The number of benzene rings is 7. The van der Waals surface area contributed by atoms with Gasteiger partial charge in [-0.15, -0.1) is 0 Å². The second-order valence-electron chi connectivity index (χ2n) is 16.0. The monoisotopic (exact) mass is 760 g/mol. The van der Waals surface area contributed by atoms with Crippen molar-refractivity contribution in [3.8, 4) is 79.5 Å². The third-order valence-electron chi connectivity index (χ3n) is 12.4. The Hall–Kier alpha value is -7.18. The van der Waals surface area contributed by atoms with Gasteiger partial charge < -0.3 is 0 Å². The fraction of sp³-hybridized carbons (Fsp3) is 0.132. The van der Waals surface area contributed by atoms with Crippen molar-refractivity contribution in [1.29, 1.82) is 0 Å². The van der Waals surface area contributed by atoms with Gasteiger partial charge in [0.25, 0.3) is 0 Å². The topological polar surface area (TPSA) is 77.3 Å². The molecule has 2 aromatic heterocycles. The van der Waals surface area contributed by atoms with Gasteiger partial charge in [0.2, 0.25) is 0 Å². The van der Waals surface area contributed by atoms with Gasteiger partial charge in [0.1, 0.15) is 0 Å². The van der Waals surface area contributed by atoms with Gasteiger partial charge in [0.15, 0.2) is 34.9 Å². The Labute approximate surface area is 343 Å². The first kappa shape index (κ1) is 35.0. The van der Waals surface area contributed by atoms with Gasteiger partial charge in [-0.1, -0.05) is 152 Å². The van der Waals surface area contributed by atoms with Crippen LogP contribution in [0.1, 0.15) is 37.7 Å². The number of aromatic nitrogens is 6. The maximum Gasteiger partial charge on any atom is 0.164 e. The van der Waals surface area contributed by atoms with Gasteiger partial charge in [0.05, 0.1) is 0 Å². The summed E-state index contributed by atoms with van der Waals surface area (Å²) < 4.78 is 0. The Morgan fingerprint density at radius 1 is 0.356 bits per heavy atom. The SMILES string of the molecule is c1ccc(-c2nc(-c3cccc(-c4cc(-c5nc(-c6ccccc6)nc(-c6ccccc6)n5)cc5ccccc45)c3)nc(-c3cccc(C45CCC(CC4)C5)c3)n2)cc1. The zero-order valence-electron chi connectivity index (χ0n) is 32.5. The summed E-state index contributed by atoms with van der Waals surface area (Å²) in [4.78, 5) is 30.5. The van der Waals surface area contributed by atoms with Crippen LogP contribution in [0.3, 0.4) is 0 Å². The Balaban J connectivity index is 1.04. The van der Waals surface area contributed by atoms with Crippen LogP contribution in [0.2, 0.25) is 0 Å². The van der Waals surface area contributed by atoms with Crippen molar-refractivity contribution >= 4 is 10.8 Å². The molecule has 2 saturated carbocycles. The van der Waals surface area contributed by atoms with Crippen LogP contribution >= 0.6 is 0 Å². The van der Waals surface area contributed by atoms with Crippen molar-refractivity contribution in [2.45, 2.75) is 37.5 Å². The quantitative estimate of drug-likeness (QED) is 0.153. The molecule has 11 rings (SSSR count). The molecule has 0 N–H and O–H groups in total. The van der Waals surface area contributed by atoms with Crippen LogP contribution in [0.4, 0.5) is 0 Å². The van der Waals surface area contributed by atoms with Crippen molar-refractivity contribution in [2.75, 3.05) is 0 Å². The maximum absolute atomic E-state index is 5.22. The number of hydrogen-bond acceptors (Lipinski definition) is 6. The van der Waals surface area contributed by atoms with E-state index >= 15 is 0 Å². The third kappa shape index (κ3) is 6.66. The number of nitrogens with zero attached hydrogens (tertiary/aromatic N) is 6. The molecule has 6 nitrogen and oxygen atoms in total. The minimum Gasteiger partial charge on any atom is -0.208 e. The zero-order chi connectivity index (χ0) is 39.2. The molecule has 0 aliphatic heterocycles. The van der Waals surface area contributed by atoms with E-state index < -0.39 is 0 Å². The van der Waals surface area contributed by atoms with Crippen LogP contribution in [0.5, 0.6) is 0 Å². The van der Waals surface area contributed by atoms with Gasteiger partial charge in [-0.3, -0.25) is 0 Å². The van der Waals surface area contributed by atoms with Crippen LogP contribution in [-0.4, -0.2) is 29.9 Å². The highest BCUT2D eigenvalue weighted by Gasteiger charge is 2.45. The van der Waals surface area contributed by atoms with Crippen LogP contribution in [-0.2, 0) is 5.41 Å². The average Bonchev–Trinajstić information content (AvgIpc) is 3.95. The smallest absolute Gasteiger partial charge is 0.164 e. The first-order valence-electron chi connectivity index (χ1n) is 20.6. The number of hydrogen-bond donors (Lipinski definition) is 0. The predicted molar refractivity (Wildman–Crippen MR) is 237 cm³/mol. The molecule has 59 heavy (non-hydrogen) atoms. The zero-order valence-corrected chi connectivity index (χ0v) is 32.5. The summed E-state index contributed by atoms with van der Waals surface area (Å²) in [5.74, 6) is 4.73. The van der Waals surface area contributed by atoms with E-state index in [9.17, 15) is 0 Å². The molecule has 0 saturated heterocycles. The molecule has 2 heterocycles. The summed E-state index contributed by atoms with van der Waals surface area (Å²) in [5.41, 5.74) is 9.51. The molecule has 2 fully saturated rings. The fourth-order valence-electron chi connectivity index (χ4n) is 9.38. The molecule has 2 aliphatic carbocycles. The van der Waals surface area contributed by atoms with E-state index in [4.69, 9.17) is 29.9 Å². The van der Waals surface area contributed by atoms with Gasteiger partial charge in [-0.2, -0.15) is 0 Å². The molecule has 0 atom stereocenters. The molecule has 2 aliphatic rings. The normalized spacial score (nSPS) is 17.1. The summed E-state index contributed by atoms with van der Waals surface area (Å²) in [6, 6.07) is 60.9. The molecule has 0 spiro atoms. The summed E-state index contributed by atoms with van der Waals surface area (Å²) >= 11 is 0. The molecule has 9 aromatic rings. The fourth-order valence-corrected chi connectivity index (χ4v) is 9.38. The summed E-state index contributed by atoms with van der Waals surface area (Å²) in [6.07, 6.45) is 6.53. The van der Waals surface area contributed by atoms with E-state index in [0.717, 1.165) is 61.2 Å². The van der Waals surface area contributed by atoms with Crippen LogP contribution < -0.4 is 0 Å². The lowest BCUT2D eigenvalue weighted by Gasteiger charge is -2.27. The van der Waals surface area contributed by atoms with E-state index in [0.29, 0.717) is 34.9 Å². The van der Waals surface area contributed by atoms with Crippen LogP contribution in [0.25, 0.3) is 90.2 Å². The maximum atomic E-state index is 5.22. The predicted octanol–water partition coefficient (Wildman–Crippen LogP) is 12.7. The van der Waals surface area contributed by atoms with Crippen molar-refractivity contribution in [3.05, 3.63) is 181 Å². The third-order valence-corrected chi connectivity index (χ3v) is 12.4. The average molecular weight is 761 g/mol. The van der Waals surface area contributed by atoms with Crippen molar-refractivity contribution in [1.82, 2.24) is 29.9 Å². The van der Waals surface area contributed by atoms with E-state index in [1.165, 1.54) is 37.7 Å². The van der Waals surface area contributed by atoms with E-state index in [-0.39, 0.29) is 5.41 Å². The second kappa shape index (κ2) is 14.6. The largest absolute Gasteiger partial charge is 0.208 e. The van der Waals surface area contributed by atoms with Crippen LogP contribution in [0.15, 0.2) is 176 Å². The molecule has 2 bridgehead atoms. The Morgan fingerprint density at radius 3 is 1.34 bits per heavy atom. The highest BCUT2D eigenvalue weighted by atomic mass is 15.0. The van der Waals surface area contributed by atoms with Crippen molar-refractivity contribution in [2.24, 2.45) is 5.92 Å². The van der Waals surface area contributed by atoms with Crippen molar-refractivity contribution < 1.29 is 0 Å². The molecular formula is C53H40N6. The van der Waals surface area contributed by atoms with Gasteiger partial charge in [-0.05, 0) is 95.2 Å². The minimum atomic E-state index is 0.290. The second-order valence-corrected chi connectivity index (χ2v) is 16.0. The molecule has 0 unspecified atom stereocenters. The Morgan fingerprint density at radius 2 is 0.797 bits per heavy atom. The van der Waals surface area contributed by atoms with Crippen LogP contribution in [0, 0.1) is 5.92 Å². The lowest BCUT2D eigenvalue weighted by Crippen LogP contribution is -2.19. The van der Waals surface area contributed by atoms with Crippen molar-refractivity contribution in [3.63, 3.8) is 0 Å². The highest BCUT2D eigenvalue weighted by Crippen LogP contribution is 2.55. The minimum absolute atomic E-state index is 0.290. The lowest BCUT2D eigenvalue weighted by molar-refractivity contribution is 0.419. The Bertz CT molecular complexity index is 2920. The summed E-state index contributed by atoms with van der Waals surface area (Å²) in [7, 11) is 0. The first-order valence-corrected chi connectivity index (χ1v) is 20.6. The molecule has 0 radical (unpaired) electrons. The lowest BCUT2D eigenvalue weighted by atomic mass is 9.77. The molecule has 7 aromatic carbocycles. The first-order chi connectivity index (χ1) is 29.1. The highest BCUT2D eigenvalue weighted by molar-refractivity contribution is 6.00. The summed E-state index contributed by atoms with van der Waals surface area (Å²) in [5, 5.41) is 2.23. The van der Waals surface area contributed by atoms with E-state index in [1.54, 1.807) is 0 Å². The van der Waals surface area contributed by atoms with E-state index in [2.05, 4.69) is 97.1 Å². The van der Waals surface area contributed by atoms with Gasteiger partial charge in [-0.25, -0.2) is 29.9 Å². The molecule has 282 valence electrons. The number of rotatable bonds is 8. The van der Waals surface area contributed by atoms with Gasteiger partial charge in [0, 0.05) is 33.4 Å². The molecular weight excluding hydrogens is 721 g/mol.